The fourth-order valence-electron chi connectivity index (χ4n) is 2.97. The molecule has 4 heteroatoms. The molecule has 0 saturated heterocycles. The smallest absolute Gasteiger partial charge is 0.250 e. The van der Waals surface area contributed by atoms with Crippen LogP contribution in [0.1, 0.15) is 6.92 Å². The van der Waals surface area contributed by atoms with Crippen molar-refractivity contribution < 1.29 is 9.59 Å². The minimum atomic E-state index is -0.190. The van der Waals surface area contributed by atoms with E-state index in [-0.39, 0.29) is 11.8 Å². The van der Waals surface area contributed by atoms with E-state index >= 15 is 0 Å². The molecule has 0 bridgehead atoms. The molecule has 0 unspecified atom stereocenters. The summed E-state index contributed by atoms with van der Waals surface area (Å²) in [6.45, 7) is 8.70. The maximum atomic E-state index is 11.4. The quantitative estimate of drug-likeness (QED) is 0.388. The van der Waals surface area contributed by atoms with Gasteiger partial charge in [0.25, 0.3) is 5.91 Å². The van der Waals surface area contributed by atoms with Gasteiger partial charge in [-0.3, -0.25) is 9.59 Å². The molecular weight excluding hydrogens is 384 g/mol. The van der Waals surface area contributed by atoms with Crippen LogP contribution in [0.15, 0.2) is 110 Å². The van der Waals surface area contributed by atoms with Crippen molar-refractivity contribution in [2.75, 3.05) is 10.6 Å². The summed E-state index contributed by atoms with van der Waals surface area (Å²) in [6.07, 6.45) is 1.26. The molecule has 4 aromatic rings. The number of benzene rings is 4. The summed E-state index contributed by atoms with van der Waals surface area (Å²) in [4.78, 5) is 22.5. The topological polar surface area (TPSA) is 58.2 Å². The van der Waals surface area contributed by atoms with Crippen molar-refractivity contribution in [3.05, 3.63) is 110 Å². The molecule has 0 atom stereocenters. The Morgan fingerprint density at radius 2 is 1.16 bits per heavy atom. The lowest BCUT2D eigenvalue weighted by Crippen LogP contribution is -2.11. The minimum Gasteiger partial charge on any atom is -0.323 e. The fourth-order valence-corrected chi connectivity index (χ4v) is 2.97. The zero-order valence-corrected chi connectivity index (χ0v) is 17.4. The van der Waals surface area contributed by atoms with Crippen LogP contribution in [0.25, 0.3) is 21.5 Å². The van der Waals surface area contributed by atoms with E-state index in [0.29, 0.717) is 5.57 Å². The van der Waals surface area contributed by atoms with E-state index in [1.807, 2.05) is 84.9 Å². The average Bonchev–Trinajstić information content (AvgIpc) is 2.79. The second-order valence-corrected chi connectivity index (χ2v) is 7.05. The van der Waals surface area contributed by atoms with Crippen molar-refractivity contribution in [3.63, 3.8) is 0 Å². The van der Waals surface area contributed by atoms with Gasteiger partial charge in [0.1, 0.15) is 0 Å². The average molecular weight is 409 g/mol. The Kier molecular flexibility index (Phi) is 6.97. The van der Waals surface area contributed by atoms with Gasteiger partial charge in [0.05, 0.1) is 0 Å². The highest BCUT2D eigenvalue weighted by Crippen LogP contribution is 2.19. The van der Waals surface area contributed by atoms with Crippen LogP contribution in [0, 0.1) is 0 Å². The number of anilines is 2. The molecule has 4 nitrogen and oxygen atoms in total. The van der Waals surface area contributed by atoms with Gasteiger partial charge in [0.2, 0.25) is 5.91 Å². The van der Waals surface area contributed by atoms with Gasteiger partial charge in [-0.05, 0) is 58.8 Å². The number of carbonyl (C=O) groups excluding carboxylic acids is 2. The Bertz CT molecular complexity index is 1270. The van der Waals surface area contributed by atoms with Crippen molar-refractivity contribution in [1.29, 1.82) is 0 Å². The molecule has 2 amide bonds. The van der Waals surface area contributed by atoms with Gasteiger partial charge in [0, 0.05) is 16.9 Å². The maximum Gasteiger partial charge on any atom is 0.250 e. The Balaban J connectivity index is 0.000000176. The summed E-state index contributed by atoms with van der Waals surface area (Å²) in [7, 11) is 0. The van der Waals surface area contributed by atoms with Gasteiger partial charge in [-0.1, -0.05) is 73.8 Å². The number of carbonyl (C=O) groups is 2. The summed E-state index contributed by atoms with van der Waals surface area (Å²) < 4.78 is 0. The molecule has 0 aliphatic heterocycles. The Labute approximate surface area is 181 Å². The fraction of sp³-hybridized carbons (Fsp3) is 0.0370. The lowest BCUT2D eigenvalue weighted by molar-refractivity contribution is -0.113. The first kappa shape index (κ1) is 21.5. The highest BCUT2D eigenvalue weighted by Gasteiger charge is 2.02. The number of hydrogen-bond acceptors (Lipinski definition) is 2. The number of amides is 2. The second kappa shape index (κ2) is 10.0. The molecule has 2 N–H and O–H groups in total. The van der Waals surface area contributed by atoms with Gasteiger partial charge in [-0.15, -0.1) is 0 Å². The predicted octanol–water partition coefficient (Wildman–Crippen LogP) is 6.32. The van der Waals surface area contributed by atoms with E-state index < -0.39 is 0 Å². The first-order valence-electron chi connectivity index (χ1n) is 9.84. The Morgan fingerprint density at radius 3 is 1.61 bits per heavy atom. The molecule has 0 saturated carbocycles. The normalized spacial score (nSPS) is 9.97. The molecule has 0 heterocycles. The molecule has 0 radical (unpaired) electrons. The molecule has 154 valence electrons. The molecular formula is C27H24N2O2. The van der Waals surface area contributed by atoms with Crippen molar-refractivity contribution in [1.82, 2.24) is 0 Å². The molecule has 0 aromatic heterocycles. The Morgan fingerprint density at radius 1 is 0.710 bits per heavy atom. The van der Waals surface area contributed by atoms with Gasteiger partial charge < -0.3 is 10.6 Å². The van der Waals surface area contributed by atoms with E-state index in [0.717, 1.165) is 32.9 Å². The predicted molar refractivity (Wildman–Crippen MR) is 130 cm³/mol. The third-order valence-electron chi connectivity index (χ3n) is 4.60. The zero-order valence-electron chi connectivity index (χ0n) is 17.4. The molecule has 4 aromatic carbocycles. The van der Waals surface area contributed by atoms with Crippen LogP contribution in [0.3, 0.4) is 0 Å². The second-order valence-electron chi connectivity index (χ2n) is 7.05. The third kappa shape index (κ3) is 5.90. The van der Waals surface area contributed by atoms with Crippen molar-refractivity contribution in [2.24, 2.45) is 0 Å². The standard InChI is InChI=1S/C14H13NO.C13H11NO/c1-10(2)14(16)15-13-8-7-11-5-3-4-6-12(11)9-13;1-2-13(15)14-12-8-7-10-5-3-4-6-11(10)9-12/h3-9H,1H2,2H3,(H,15,16);2-9H,1H2,(H,14,15). The van der Waals surface area contributed by atoms with Gasteiger partial charge >= 0.3 is 0 Å². The highest BCUT2D eigenvalue weighted by molar-refractivity contribution is 6.04. The number of nitrogens with one attached hydrogen (secondary N) is 2. The van der Waals surface area contributed by atoms with Crippen molar-refractivity contribution in [3.8, 4) is 0 Å². The van der Waals surface area contributed by atoms with Crippen LogP contribution < -0.4 is 10.6 Å². The van der Waals surface area contributed by atoms with Gasteiger partial charge in [-0.25, -0.2) is 0 Å². The Hall–Kier alpha value is -4.18. The summed E-state index contributed by atoms with van der Waals surface area (Å²) >= 11 is 0. The van der Waals surface area contributed by atoms with Crippen LogP contribution in [-0.4, -0.2) is 11.8 Å². The van der Waals surface area contributed by atoms with Crippen molar-refractivity contribution in [2.45, 2.75) is 6.92 Å². The lowest BCUT2D eigenvalue weighted by atomic mass is 10.1. The molecule has 4 rings (SSSR count). The highest BCUT2D eigenvalue weighted by atomic mass is 16.2. The zero-order chi connectivity index (χ0) is 22.2. The van der Waals surface area contributed by atoms with E-state index in [2.05, 4.69) is 23.8 Å². The molecule has 0 aliphatic carbocycles. The first-order chi connectivity index (χ1) is 15.0. The van der Waals surface area contributed by atoms with Crippen LogP contribution in [0.2, 0.25) is 0 Å². The van der Waals surface area contributed by atoms with E-state index in [1.165, 1.54) is 6.08 Å². The van der Waals surface area contributed by atoms with Crippen LogP contribution >= 0.6 is 0 Å². The van der Waals surface area contributed by atoms with Crippen LogP contribution in [0.5, 0.6) is 0 Å². The van der Waals surface area contributed by atoms with Crippen LogP contribution in [-0.2, 0) is 9.59 Å². The number of rotatable bonds is 4. The summed E-state index contributed by atoms with van der Waals surface area (Å²) in [5.41, 5.74) is 2.10. The summed E-state index contributed by atoms with van der Waals surface area (Å²) in [6, 6.07) is 27.7. The third-order valence-corrected chi connectivity index (χ3v) is 4.60. The van der Waals surface area contributed by atoms with Gasteiger partial charge in [0.15, 0.2) is 0 Å². The monoisotopic (exact) mass is 408 g/mol. The molecule has 0 aliphatic rings. The summed E-state index contributed by atoms with van der Waals surface area (Å²) in [5.74, 6) is -0.333. The SMILES string of the molecule is C=C(C)C(=O)Nc1ccc2ccccc2c1.C=CC(=O)Nc1ccc2ccccc2c1. The van der Waals surface area contributed by atoms with E-state index in [4.69, 9.17) is 0 Å². The minimum absolute atomic E-state index is 0.143. The lowest BCUT2D eigenvalue weighted by Gasteiger charge is -2.05. The number of hydrogen-bond donors (Lipinski definition) is 2. The van der Waals surface area contributed by atoms with Crippen LogP contribution in [0.4, 0.5) is 11.4 Å². The number of fused-ring (bicyclic) bond motifs is 2. The molecule has 31 heavy (non-hydrogen) atoms. The van der Waals surface area contributed by atoms with Crippen molar-refractivity contribution >= 4 is 44.7 Å². The van der Waals surface area contributed by atoms with E-state index in [1.54, 1.807) is 6.92 Å². The van der Waals surface area contributed by atoms with E-state index in [9.17, 15) is 9.59 Å². The molecule has 0 fully saturated rings. The maximum absolute atomic E-state index is 11.4. The summed E-state index contributed by atoms with van der Waals surface area (Å²) in [5, 5.41) is 10.1. The molecule has 0 spiro atoms. The largest absolute Gasteiger partial charge is 0.323 e. The van der Waals surface area contributed by atoms with Gasteiger partial charge in [-0.2, -0.15) is 0 Å². The first-order valence-corrected chi connectivity index (χ1v) is 9.84.